The summed E-state index contributed by atoms with van der Waals surface area (Å²) in [5.41, 5.74) is 0.513. The van der Waals surface area contributed by atoms with Gasteiger partial charge < -0.3 is 4.90 Å². The second-order valence-electron chi connectivity index (χ2n) is 5.20. The molecule has 0 aliphatic carbocycles. The van der Waals surface area contributed by atoms with Gasteiger partial charge in [0.2, 0.25) is 0 Å². The molecule has 1 aliphatic heterocycles. The third kappa shape index (κ3) is 2.90. The summed E-state index contributed by atoms with van der Waals surface area (Å²) < 4.78 is 0. The van der Waals surface area contributed by atoms with E-state index in [4.69, 9.17) is 11.6 Å². The molecule has 1 N–H and O–H groups in total. The van der Waals surface area contributed by atoms with Crippen molar-refractivity contribution in [3.8, 4) is 0 Å². The zero-order chi connectivity index (χ0) is 14.8. The predicted molar refractivity (Wildman–Crippen MR) is 78.2 cm³/mol. The van der Waals surface area contributed by atoms with Crippen molar-refractivity contribution >= 4 is 17.5 Å². The number of pyridine rings is 1. The normalized spacial score (nSPS) is 16.2. The highest BCUT2D eigenvalue weighted by Crippen LogP contribution is 2.27. The van der Waals surface area contributed by atoms with Crippen molar-refractivity contribution in [1.29, 1.82) is 0 Å². The molecule has 21 heavy (non-hydrogen) atoms. The third-order valence-electron chi connectivity index (χ3n) is 3.76. The van der Waals surface area contributed by atoms with E-state index in [9.17, 15) is 4.79 Å². The van der Waals surface area contributed by atoms with Crippen molar-refractivity contribution in [2.24, 2.45) is 0 Å². The van der Waals surface area contributed by atoms with E-state index in [1.165, 1.54) is 6.20 Å². The number of rotatable bonds is 2. The Kier molecular flexibility index (Phi) is 3.88. The number of hydrogen-bond acceptors (Lipinski definition) is 4. The smallest absolute Gasteiger partial charge is 0.255 e. The number of piperidine rings is 1. The van der Waals surface area contributed by atoms with Gasteiger partial charge in [-0.3, -0.25) is 14.9 Å². The van der Waals surface area contributed by atoms with Crippen LogP contribution >= 0.6 is 11.6 Å². The number of likely N-dealkylation sites (tertiary alicyclic amines) is 1. The molecule has 1 fully saturated rings. The summed E-state index contributed by atoms with van der Waals surface area (Å²) in [6, 6.07) is 1.66. The highest BCUT2D eigenvalue weighted by Gasteiger charge is 2.27. The van der Waals surface area contributed by atoms with Crippen LogP contribution in [0.25, 0.3) is 0 Å². The molecule has 6 nitrogen and oxygen atoms in total. The van der Waals surface area contributed by atoms with Gasteiger partial charge >= 0.3 is 0 Å². The van der Waals surface area contributed by atoms with Gasteiger partial charge in [0.05, 0.1) is 10.6 Å². The molecule has 3 heterocycles. The van der Waals surface area contributed by atoms with Crippen LogP contribution in [0.2, 0.25) is 5.02 Å². The minimum absolute atomic E-state index is 0.0352. The van der Waals surface area contributed by atoms with Crippen LogP contribution in [0.3, 0.4) is 0 Å². The summed E-state index contributed by atoms with van der Waals surface area (Å²) >= 11 is 6.03. The van der Waals surface area contributed by atoms with E-state index in [0.29, 0.717) is 29.6 Å². The molecule has 3 rings (SSSR count). The lowest BCUT2D eigenvalue weighted by molar-refractivity contribution is 0.0711. The van der Waals surface area contributed by atoms with Gasteiger partial charge in [0.1, 0.15) is 5.82 Å². The second-order valence-corrected chi connectivity index (χ2v) is 5.61. The molecule has 1 saturated heterocycles. The first-order valence-corrected chi connectivity index (χ1v) is 7.30. The number of hydrogen-bond donors (Lipinski definition) is 1. The van der Waals surface area contributed by atoms with Crippen LogP contribution in [0.15, 0.2) is 18.5 Å². The van der Waals surface area contributed by atoms with E-state index in [0.717, 1.165) is 24.5 Å². The zero-order valence-electron chi connectivity index (χ0n) is 11.7. The van der Waals surface area contributed by atoms with Crippen molar-refractivity contribution in [2.75, 3.05) is 13.1 Å². The number of aromatic amines is 1. The lowest BCUT2D eigenvalue weighted by Crippen LogP contribution is -2.38. The minimum atomic E-state index is -0.0352. The standard InChI is InChI=1S/C14H16ClN5O/c1-9-17-13(19-18-9)10-3-6-20(7-4-10)14(21)11-2-5-16-8-12(11)15/h2,5,8,10H,3-4,6-7H2,1H3,(H,17,18,19). The largest absolute Gasteiger partial charge is 0.339 e. The van der Waals surface area contributed by atoms with Gasteiger partial charge in [-0.1, -0.05) is 11.6 Å². The van der Waals surface area contributed by atoms with Crippen LogP contribution in [0.4, 0.5) is 0 Å². The number of amides is 1. The number of carbonyl (C=O) groups is 1. The number of halogens is 1. The average Bonchev–Trinajstić information content (AvgIpc) is 2.94. The zero-order valence-corrected chi connectivity index (χ0v) is 12.5. The summed E-state index contributed by atoms with van der Waals surface area (Å²) in [4.78, 5) is 22.6. The molecule has 0 radical (unpaired) electrons. The molecule has 0 aromatic carbocycles. The molecule has 0 atom stereocenters. The lowest BCUT2D eigenvalue weighted by atomic mass is 9.95. The number of nitrogens with one attached hydrogen (secondary N) is 1. The first kappa shape index (κ1) is 14.0. The van der Waals surface area contributed by atoms with Gasteiger partial charge in [0, 0.05) is 31.4 Å². The molecule has 0 spiro atoms. The average molecular weight is 306 g/mol. The van der Waals surface area contributed by atoms with Crippen LogP contribution in [0, 0.1) is 6.92 Å². The topological polar surface area (TPSA) is 74.8 Å². The Labute approximate surface area is 127 Å². The molecule has 2 aromatic rings. The summed E-state index contributed by atoms with van der Waals surface area (Å²) in [5, 5.41) is 7.48. The summed E-state index contributed by atoms with van der Waals surface area (Å²) in [6.07, 6.45) is 4.82. The fourth-order valence-corrected chi connectivity index (χ4v) is 2.80. The number of nitrogens with zero attached hydrogens (tertiary/aromatic N) is 4. The number of H-pyrrole nitrogens is 1. The number of aryl methyl sites for hydroxylation is 1. The quantitative estimate of drug-likeness (QED) is 0.923. The molecular weight excluding hydrogens is 290 g/mol. The van der Waals surface area contributed by atoms with E-state index in [1.54, 1.807) is 12.3 Å². The molecule has 1 amide bonds. The van der Waals surface area contributed by atoms with Gasteiger partial charge in [-0.25, -0.2) is 4.98 Å². The van der Waals surface area contributed by atoms with E-state index in [1.807, 2.05) is 11.8 Å². The maximum atomic E-state index is 12.4. The fourth-order valence-electron chi connectivity index (χ4n) is 2.60. The summed E-state index contributed by atoms with van der Waals surface area (Å²) in [5.74, 6) is 1.95. The second kappa shape index (κ2) is 5.81. The van der Waals surface area contributed by atoms with E-state index >= 15 is 0 Å². The monoisotopic (exact) mass is 305 g/mol. The van der Waals surface area contributed by atoms with Crippen LogP contribution < -0.4 is 0 Å². The Morgan fingerprint density at radius 2 is 2.19 bits per heavy atom. The van der Waals surface area contributed by atoms with Gasteiger partial charge in [-0.05, 0) is 25.8 Å². The maximum Gasteiger partial charge on any atom is 0.255 e. The third-order valence-corrected chi connectivity index (χ3v) is 4.07. The number of carbonyl (C=O) groups excluding carboxylic acids is 1. The molecule has 0 bridgehead atoms. The fraction of sp³-hybridized carbons (Fsp3) is 0.429. The molecule has 0 unspecified atom stereocenters. The van der Waals surface area contributed by atoms with E-state index in [-0.39, 0.29) is 5.91 Å². The van der Waals surface area contributed by atoms with Gasteiger partial charge in [0.15, 0.2) is 5.82 Å². The van der Waals surface area contributed by atoms with Crippen molar-refractivity contribution in [1.82, 2.24) is 25.1 Å². The van der Waals surface area contributed by atoms with Crippen molar-refractivity contribution in [2.45, 2.75) is 25.7 Å². The summed E-state index contributed by atoms with van der Waals surface area (Å²) in [6.45, 7) is 3.27. The first-order valence-electron chi connectivity index (χ1n) is 6.93. The predicted octanol–water partition coefficient (Wildman–Crippen LogP) is 2.18. The minimum Gasteiger partial charge on any atom is -0.339 e. The Morgan fingerprint density at radius 3 is 2.81 bits per heavy atom. The van der Waals surface area contributed by atoms with E-state index in [2.05, 4.69) is 20.2 Å². The van der Waals surface area contributed by atoms with Crippen LogP contribution in [0.1, 0.15) is 40.8 Å². The van der Waals surface area contributed by atoms with Crippen molar-refractivity contribution in [3.05, 3.63) is 40.7 Å². The summed E-state index contributed by atoms with van der Waals surface area (Å²) in [7, 11) is 0. The molecule has 2 aromatic heterocycles. The van der Waals surface area contributed by atoms with Crippen LogP contribution in [0.5, 0.6) is 0 Å². The number of aromatic nitrogens is 4. The Balaban J connectivity index is 1.66. The van der Waals surface area contributed by atoms with Gasteiger partial charge in [-0.15, -0.1) is 0 Å². The lowest BCUT2D eigenvalue weighted by Gasteiger charge is -2.31. The highest BCUT2D eigenvalue weighted by atomic mass is 35.5. The first-order chi connectivity index (χ1) is 10.1. The van der Waals surface area contributed by atoms with Crippen molar-refractivity contribution in [3.63, 3.8) is 0 Å². The Morgan fingerprint density at radius 1 is 1.43 bits per heavy atom. The molecule has 1 aliphatic rings. The maximum absolute atomic E-state index is 12.4. The van der Waals surface area contributed by atoms with Gasteiger partial charge in [0.25, 0.3) is 5.91 Å². The van der Waals surface area contributed by atoms with Gasteiger partial charge in [-0.2, -0.15) is 5.10 Å². The van der Waals surface area contributed by atoms with Crippen molar-refractivity contribution < 1.29 is 4.79 Å². The molecule has 0 saturated carbocycles. The Bertz CT molecular complexity index is 648. The SMILES string of the molecule is Cc1nc(C2CCN(C(=O)c3ccncc3Cl)CC2)n[nH]1. The van der Waals surface area contributed by atoms with E-state index < -0.39 is 0 Å². The Hall–Kier alpha value is -1.95. The molecule has 110 valence electrons. The van der Waals surface area contributed by atoms with Crippen LogP contribution in [-0.2, 0) is 0 Å². The molecule has 7 heteroatoms. The van der Waals surface area contributed by atoms with Crippen LogP contribution in [-0.4, -0.2) is 44.1 Å². The highest BCUT2D eigenvalue weighted by molar-refractivity contribution is 6.33. The molecular formula is C14H16ClN5O.